The van der Waals surface area contributed by atoms with Gasteiger partial charge in [0.1, 0.15) is 11.6 Å². The summed E-state index contributed by atoms with van der Waals surface area (Å²) in [6.07, 6.45) is 1.42. The van der Waals surface area contributed by atoms with Gasteiger partial charge in [0.05, 0.1) is 22.1 Å². The summed E-state index contributed by atoms with van der Waals surface area (Å²) in [5, 5.41) is 23.2. The van der Waals surface area contributed by atoms with Crippen LogP contribution in [0.2, 0.25) is 0 Å². The van der Waals surface area contributed by atoms with Gasteiger partial charge in [0.15, 0.2) is 0 Å². The van der Waals surface area contributed by atoms with Crippen molar-refractivity contribution in [2.24, 2.45) is 0 Å². The molecule has 5 nitrogen and oxygen atoms in total. The number of para-hydroxylation sites is 3. The molecule has 0 spiro atoms. The fourth-order valence-corrected chi connectivity index (χ4v) is 7.17. The van der Waals surface area contributed by atoms with Gasteiger partial charge in [-0.25, -0.2) is 4.79 Å². The largest absolute Gasteiger partial charge is 0.477 e. The lowest BCUT2D eigenvalue weighted by molar-refractivity contribution is -0.132. The summed E-state index contributed by atoms with van der Waals surface area (Å²) in [5.41, 5.74) is 7.55. The number of benzene rings is 5. The fourth-order valence-electron chi connectivity index (χ4n) is 6.23. The van der Waals surface area contributed by atoms with Crippen molar-refractivity contribution in [3.63, 3.8) is 0 Å². The predicted molar refractivity (Wildman–Crippen MR) is 180 cm³/mol. The molecule has 208 valence electrons. The zero-order valence-electron chi connectivity index (χ0n) is 23.3. The van der Waals surface area contributed by atoms with E-state index in [1.54, 1.807) is 6.07 Å². The Hall–Kier alpha value is -5.90. The average molecular weight is 586 g/mol. The molecule has 0 aliphatic heterocycles. The van der Waals surface area contributed by atoms with Crippen LogP contribution in [0.3, 0.4) is 0 Å². The normalized spacial score (nSPS) is 11.9. The summed E-state index contributed by atoms with van der Waals surface area (Å²) in [6, 6.07) is 46.3. The first kappa shape index (κ1) is 25.8. The minimum absolute atomic E-state index is 0.277. The Morgan fingerprint density at radius 3 is 1.66 bits per heavy atom. The Bertz CT molecular complexity index is 2430. The molecule has 3 heterocycles. The minimum Gasteiger partial charge on any atom is -0.477 e. The van der Waals surface area contributed by atoms with E-state index >= 15 is 0 Å². The molecule has 0 aliphatic rings. The molecule has 6 heteroatoms. The highest BCUT2D eigenvalue weighted by atomic mass is 32.1. The van der Waals surface area contributed by atoms with Crippen LogP contribution in [0.25, 0.3) is 71.5 Å². The lowest BCUT2D eigenvalue weighted by Crippen LogP contribution is -1.97. The Kier molecular flexibility index (Phi) is 5.93. The Morgan fingerprint density at radius 2 is 1.14 bits per heavy atom. The second kappa shape index (κ2) is 10.1. The number of hydrogen-bond acceptors (Lipinski definition) is 3. The fraction of sp³-hybridized carbons (Fsp3) is 0. The molecule has 0 saturated heterocycles. The number of nitriles is 1. The van der Waals surface area contributed by atoms with Gasteiger partial charge in [-0.3, -0.25) is 0 Å². The molecule has 0 saturated carbocycles. The minimum atomic E-state index is -1.22. The zero-order valence-corrected chi connectivity index (χ0v) is 24.1. The van der Waals surface area contributed by atoms with E-state index < -0.39 is 5.97 Å². The van der Waals surface area contributed by atoms with Crippen molar-refractivity contribution in [1.29, 1.82) is 5.26 Å². The first-order valence-corrected chi connectivity index (χ1v) is 15.0. The predicted octanol–water partition coefficient (Wildman–Crippen LogP) is 9.60. The number of rotatable bonds is 5. The van der Waals surface area contributed by atoms with E-state index in [0.717, 1.165) is 48.5 Å². The molecule has 0 radical (unpaired) electrons. The van der Waals surface area contributed by atoms with E-state index in [1.165, 1.54) is 39.2 Å². The second-order valence-electron chi connectivity index (χ2n) is 10.6. The molecule has 0 atom stereocenters. The number of thiophene rings is 1. The Balaban J connectivity index is 1.24. The maximum absolute atomic E-state index is 11.3. The third-order valence-electron chi connectivity index (χ3n) is 8.17. The maximum atomic E-state index is 11.3. The second-order valence-corrected chi connectivity index (χ2v) is 11.8. The number of aromatic nitrogens is 2. The van der Waals surface area contributed by atoms with Crippen molar-refractivity contribution in [2.45, 2.75) is 0 Å². The third kappa shape index (κ3) is 4.03. The molecule has 8 rings (SSSR count). The van der Waals surface area contributed by atoms with Gasteiger partial charge in [-0.2, -0.15) is 5.26 Å². The Labute approximate surface area is 256 Å². The van der Waals surface area contributed by atoms with Gasteiger partial charge in [-0.15, -0.1) is 11.3 Å². The highest BCUT2D eigenvalue weighted by Crippen LogP contribution is 2.38. The summed E-state index contributed by atoms with van der Waals surface area (Å²) in [5.74, 6) is -1.22. The van der Waals surface area contributed by atoms with Crippen LogP contribution in [0.5, 0.6) is 0 Å². The summed E-state index contributed by atoms with van der Waals surface area (Å²) in [4.78, 5) is 13.0. The zero-order chi connectivity index (χ0) is 29.8. The van der Waals surface area contributed by atoms with Gasteiger partial charge in [0, 0.05) is 42.7 Å². The molecule has 1 N–H and O–H groups in total. The number of aliphatic carboxylic acids is 1. The van der Waals surface area contributed by atoms with Gasteiger partial charge in [-0.1, -0.05) is 60.7 Å². The molecule has 8 aromatic rings. The van der Waals surface area contributed by atoms with Crippen molar-refractivity contribution >= 4 is 67.0 Å². The molecule has 0 amide bonds. The van der Waals surface area contributed by atoms with Gasteiger partial charge in [0.25, 0.3) is 0 Å². The number of fused-ring (bicyclic) bond motifs is 6. The van der Waals surface area contributed by atoms with E-state index in [9.17, 15) is 9.90 Å². The highest BCUT2D eigenvalue weighted by molar-refractivity contribution is 7.16. The van der Waals surface area contributed by atoms with Crippen molar-refractivity contribution < 1.29 is 9.90 Å². The van der Waals surface area contributed by atoms with E-state index in [0.29, 0.717) is 0 Å². The summed E-state index contributed by atoms with van der Waals surface area (Å²) in [7, 11) is 0. The number of hydrogen-bond donors (Lipinski definition) is 1. The number of carbonyl (C=O) groups is 1. The number of carboxylic acid groups (broad SMARTS) is 1. The molecule has 0 fully saturated rings. The van der Waals surface area contributed by atoms with Crippen molar-refractivity contribution in [1.82, 2.24) is 9.13 Å². The van der Waals surface area contributed by atoms with Gasteiger partial charge in [0.2, 0.25) is 0 Å². The summed E-state index contributed by atoms with van der Waals surface area (Å²) < 4.78 is 4.63. The SMILES string of the molecule is N#C/C(=C\c1ccc(-c2ccc3c(c2)c2ccccc2n3-c2ccc(-n3c4ccccc4c4ccccc43)cc2)s1)C(=O)O. The van der Waals surface area contributed by atoms with Crippen molar-refractivity contribution in [3.8, 4) is 27.9 Å². The molecule has 3 aromatic heterocycles. The molecule has 44 heavy (non-hydrogen) atoms. The number of carboxylic acids is 1. The van der Waals surface area contributed by atoms with Crippen LogP contribution in [-0.4, -0.2) is 20.2 Å². The van der Waals surface area contributed by atoms with Crippen LogP contribution in [0.4, 0.5) is 0 Å². The van der Waals surface area contributed by atoms with Gasteiger partial charge in [-0.05, 0) is 78.4 Å². The monoisotopic (exact) mass is 585 g/mol. The van der Waals surface area contributed by atoms with Crippen molar-refractivity contribution in [3.05, 3.63) is 138 Å². The lowest BCUT2D eigenvalue weighted by atomic mass is 10.1. The van der Waals surface area contributed by atoms with Crippen LogP contribution in [0, 0.1) is 11.3 Å². The van der Waals surface area contributed by atoms with Gasteiger partial charge < -0.3 is 14.2 Å². The molecule has 0 bridgehead atoms. The Morgan fingerprint density at radius 1 is 0.636 bits per heavy atom. The molecule has 5 aromatic carbocycles. The topological polar surface area (TPSA) is 71.0 Å². The first-order valence-electron chi connectivity index (χ1n) is 14.2. The van der Waals surface area contributed by atoms with Crippen LogP contribution >= 0.6 is 11.3 Å². The van der Waals surface area contributed by atoms with E-state index in [4.69, 9.17) is 5.26 Å². The maximum Gasteiger partial charge on any atom is 0.346 e. The first-order chi connectivity index (χ1) is 21.6. The summed E-state index contributed by atoms with van der Waals surface area (Å²) >= 11 is 1.47. The number of nitrogens with zero attached hydrogens (tertiary/aromatic N) is 3. The average Bonchev–Trinajstić information content (AvgIpc) is 3.76. The molecule has 0 unspecified atom stereocenters. The van der Waals surface area contributed by atoms with Crippen LogP contribution in [0.15, 0.2) is 133 Å². The molecular weight excluding hydrogens is 563 g/mol. The summed E-state index contributed by atoms with van der Waals surface area (Å²) in [6.45, 7) is 0. The molecule has 0 aliphatic carbocycles. The van der Waals surface area contributed by atoms with Crippen LogP contribution in [0.1, 0.15) is 4.88 Å². The van der Waals surface area contributed by atoms with Gasteiger partial charge >= 0.3 is 5.97 Å². The quantitative estimate of drug-likeness (QED) is 0.161. The third-order valence-corrected chi connectivity index (χ3v) is 9.25. The van der Waals surface area contributed by atoms with E-state index in [1.807, 2.05) is 12.1 Å². The van der Waals surface area contributed by atoms with Crippen LogP contribution in [-0.2, 0) is 4.79 Å². The van der Waals surface area contributed by atoms with Crippen LogP contribution < -0.4 is 0 Å². The smallest absolute Gasteiger partial charge is 0.346 e. The lowest BCUT2D eigenvalue weighted by Gasteiger charge is -2.12. The van der Waals surface area contributed by atoms with E-state index in [2.05, 4.69) is 124 Å². The van der Waals surface area contributed by atoms with Crippen molar-refractivity contribution in [2.75, 3.05) is 0 Å². The van der Waals surface area contributed by atoms with E-state index in [-0.39, 0.29) is 5.57 Å². The highest BCUT2D eigenvalue weighted by Gasteiger charge is 2.16. The standard InChI is InChI=1S/C38H23N3O2S/c39-23-25(38(42)43)21-28-18-20-37(44-28)24-13-19-36-32(22-24)31-9-3-6-12-35(31)41(36)27-16-14-26(15-17-27)40-33-10-4-1-7-29(33)30-8-2-5-11-34(30)40/h1-22H,(H,42,43)/b25-21+. The molecular formula is C38H23N3O2S.